The Morgan fingerprint density at radius 2 is 0.465 bits per heavy atom. The molecule has 0 atom stereocenters. The van der Waals surface area contributed by atoms with Gasteiger partial charge in [0.05, 0.1) is 0 Å². The number of hydrogen-bond donors (Lipinski definition) is 0. The average Bonchev–Trinajstić information content (AvgIpc) is 1.64. The molecule has 3 rings (SSSR count). The van der Waals surface area contributed by atoms with E-state index < -0.39 is 0 Å². The van der Waals surface area contributed by atoms with Crippen LogP contribution in [0.4, 0.5) is 0 Å². The molecule has 0 bridgehead atoms. The van der Waals surface area contributed by atoms with E-state index in [1.807, 2.05) is 0 Å². The van der Waals surface area contributed by atoms with Crippen LogP contribution < -0.4 is 0 Å². The van der Waals surface area contributed by atoms with E-state index in [1.54, 1.807) is 15.8 Å². The molecule has 0 saturated heterocycles. The normalized spacial score (nSPS) is 12.1. The minimum absolute atomic E-state index is 0. The van der Waals surface area contributed by atoms with Gasteiger partial charge in [-0.2, -0.15) is 12.8 Å². The molecule has 2 aromatic rings. The molecule has 1 aliphatic heterocycles. The van der Waals surface area contributed by atoms with Gasteiger partial charge in [0, 0.05) is 22.8 Å². The fourth-order valence-electron chi connectivity index (χ4n) is 15.7. The number of allylic oxidation sites excluding steroid dienone is 2. The monoisotopic (exact) mass is 1490 g/mol. The van der Waals surface area contributed by atoms with Gasteiger partial charge in [0.2, 0.25) is 11.4 Å². The number of aryl methyl sites for hydroxylation is 4. The molecule has 590 valence electrons. The molecule has 1 heterocycles. The first-order chi connectivity index (χ1) is 49.3. The second kappa shape index (κ2) is 76.4. The van der Waals surface area contributed by atoms with E-state index in [-0.39, 0.29) is 20.4 Å². The Balaban J connectivity index is 0.00000161. The summed E-state index contributed by atoms with van der Waals surface area (Å²) in [7, 11) is 0. The Morgan fingerprint density at radius 3 is 0.733 bits per heavy atom. The van der Waals surface area contributed by atoms with Crippen LogP contribution in [-0.4, -0.2) is 4.70 Å². The third-order valence-corrected chi connectivity index (χ3v) is 22.2. The Kier molecular flexibility index (Phi) is 75.0. The summed E-state index contributed by atoms with van der Waals surface area (Å²) in [5.74, 6) is 0. The Hall–Kier alpha value is -1.82. The van der Waals surface area contributed by atoms with Gasteiger partial charge in [-0.25, -0.2) is 4.70 Å². The minimum atomic E-state index is 0. The van der Waals surface area contributed by atoms with E-state index in [0.29, 0.717) is 0 Å². The van der Waals surface area contributed by atoms with Gasteiger partial charge in [0.25, 0.3) is 0 Å². The molecule has 2 aromatic carbocycles. The van der Waals surface area contributed by atoms with Gasteiger partial charge in [-0.1, -0.05) is 435 Å². The second-order valence-electron chi connectivity index (χ2n) is 32.0. The summed E-state index contributed by atoms with van der Waals surface area (Å²) in [6.45, 7) is 28.6. The van der Waals surface area contributed by atoms with E-state index in [1.165, 1.54) is 431 Å². The predicted molar refractivity (Wildman–Crippen MR) is 456 cm³/mol. The molecular weight excluding hydrogens is 1310 g/mol. The van der Waals surface area contributed by atoms with Gasteiger partial charge in [-0.3, -0.25) is 0 Å². The van der Waals surface area contributed by atoms with Crippen molar-refractivity contribution in [3.8, 4) is 0 Å². The van der Waals surface area contributed by atoms with Gasteiger partial charge < -0.3 is 19.4 Å². The summed E-state index contributed by atoms with van der Waals surface area (Å²) >= 11 is 0. The second-order valence-corrected chi connectivity index (χ2v) is 32.0. The van der Waals surface area contributed by atoms with Gasteiger partial charge in [0.15, 0.2) is 0 Å². The van der Waals surface area contributed by atoms with E-state index >= 15 is 0 Å². The molecule has 2 nitrogen and oxygen atoms in total. The van der Waals surface area contributed by atoms with Crippen molar-refractivity contribution in [2.24, 2.45) is 0 Å². The average molecular weight is 1490 g/mol. The quantitative estimate of drug-likeness (QED) is 0.0273. The number of nitrogens with zero attached hydrogens (tertiary/aromatic N) is 2. The zero-order valence-electron chi connectivity index (χ0n) is 70.2. The minimum Gasteiger partial charge on any atom is -0.493 e. The first-order valence-electron chi connectivity index (χ1n) is 46.1. The third-order valence-electron chi connectivity index (χ3n) is 22.2. The van der Waals surface area contributed by atoms with Crippen LogP contribution in [0.25, 0.3) is 16.9 Å². The van der Waals surface area contributed by atoms with Crippen molar-refractivity contribution in [1.29, 1.82) is 0 Å². The van der Waals surface area contributed by atoms with Crippen LogP contribution in [0.1, 0.15) is 524 Å². The van der Waals surface area contributed by atoms with Crippen LogP contribution in [0, 0.1) is 13.8 Å². The largest absolute Gasteiger partial charge is 2.00 e. The Bertz CT molecular complexity index is 2010. The molecule has 3 heteroatoms. The van der Waals surface area contributed by atoms with Crippen molar-refractivity contribution in [3.05, 3.63) is 99.8 Å². The molecule has 0 spiro atoms. The number of unbranched alkanes of at least 4 members (excludes halogenated alkanes) is 55. The number of rotatable bonds is 71. The zero-order valence-corrected chi connectivity index (χ0v) is 71.8. The van der Waals surface area contributed by atoms with Crippen molar-refractivity contribution in [2.45, 2.75) is 518 Å². The van der Waals surface area contributed by atoms with E-state index in [2.05, 4.69) is 107 Å². The molecule has 0 N–H and O–H groups in total. The summed E-state index contributed by atoms with van der Waals surface area (Å²) in [5.41, 5.74) is 27.2. The Labute approximate surface area is 650 Å². The molecule has 1 aliphatic rings. The maximum atomic E-state index is 12.3. The van der Waals surface area contributed by atoms with Crippen LogP contribution in [0.2, 0.25) is 0 Å². The maximum absolute atomic E-state index is 12.3. The molecule has 0 aromatic heterocycles. The molecule has 0 aliphatic carbocycles. The maximum Gasteiger partial charge on any atom is 2.00 e. The van der Waals surface area contributed by atoms with Gasteiger partial charge in [-0.05, 0) is 128 Å². The standard InChI is InChI=1S/C46H72N2.2C26H53.Pd/c1-8-15-19-20-21-22-23-29-40-35-45(41-31-36(24-12-5)43(26-14-7)37(32-41)25-13-6)48(47)46(40)42-33-38(27-16-9-2)44(30-18-11-4)39(34-42)28-17-10-3;2*1-3-5-7-9-11-13-15-17-19-21-23-25-26-24-22-20-18-16-14-12-10-8-6-4-2;/h31-35H,8-30H2,1-7H3;2*1,3-26H2,2H3;/q;2*-1;+2. The molecular formula is C98H178N2Pd. The van der Waals surface area contributed by atoms with Crippen molar-refractivity contribution in [2.75, 3.05) is 0 Å². The van der Waals surface area contributed by atoms with Crippen LogP contribution in [0.5, 0.6) is 0 Å². The number of benzene rings is 2. The van der Waals surface area contributed by atoms with Crippen molar-refractivity contribution in [3.63, 3.8) is 0 Å². The molecule has 0 fully saturated rings. The molecule has 0 amide bonds. The zero-order chi connectivity index (χ0) is 72.7. The van der Waals surface area contributed by atoms with Crippen LogP contribution in [0.15, 0.2) is 35.9 Å². The molecule has 0 radical (unpaired) electrons. The van der Waals surface area contributed by atoms with Crippen molar-refractivity contribution >= 4 is 11.4 Å². The summed E-state index contributed by atoms with van der Waals surface area (Å²) in [6, 6.07) is 9.80. The first kappa shape index (κ1) is 99.2. The van der Waals surface area contributed by atoms with E-state index in [4.69, 9.17) is 0 Å². The number of hydrogen-bond acceptors (Lipinski definition) is 0. The third kappa shape index (κ3) is 53.6. The molecule has 0 unspecified atom stereocenters. The summed E-state index contributed by atoms with van der Waals surface area (Å²) < 4.78 is 1.60. The van der Waals surface area contributed by atoms with Crippen molar-refractivity contribution < 1.29 is 25.1 Å². The van der Waals surface area contributed by atoms with Crippen LogP contribution in [-0.2, 0) is 58.9 Å². The van der Waals surface area contributed by atoms with Crippen LogP contribution >= 0.6 is 0 Å². The van der Waals surface area contributed by atoms with Gasteiger partial charge in [0.1, 0.15) is 0 Å². The molecule has 101 heavy (non-hydrogen) atoms. The Morgan fingerprint density at radius 1 is 0.238 bits per heavy atom. The van der Waals surface area contributed by atoms with Crippen molar-refractivity contribution in [1.82, 2.24) is 0 Å². The predicted octanol–water partition coefficient (Wildman–Crippen LogP) is 34.9. The smallest absolute Gasteiger partial charge is 0.493 e. The topological polar surface area (TPSA) is 25.3 Å². The summed E-state index contributed by atoms with van der Waals surface area (Å²) in [5, 5.41) is 0. The molecule has 0 saturated carbocycles. The SMILES string of the molecule is CCCCCCCCCC1=C(c2cc(CCCC)c(CCCC)c(CCCC)c2)[N+](=[N-])C(c2cc(CCC)c(CCC)c(CCC)c2)=C1.[CH2-]CCCCCCCCCCCCCCCCCCCCCCCCC.[CH2-]CCCCCCCCCCCCCCCCCCCCCCCCC.[Pd+2]. The van der Waals surface area contributed by atoms with Gasteiger partial charge in [-0.15, -0.1) is 0 Å². The van der Waals surface area contributed by atoms with E-state index in [0.717, 1.165) is 75.6 Å². The fraction of sp³-hybridized carbons (Fsp3) is 0.816. The van der Waals surface area contributed by atoms with Crippen LogP contribution in [0.3, 0.4) is 0 Å². The van der Waals surface area contributed by atoms with E-state index in [9.17, 15) is 5.53 Å². The first-order valence-corrected chi connectivity index (χ1v) is 46.1. The fourth-order valence-corrected chi connectivity index (χ4v) is 15.7. The summed E-state index contributed by atoms with van der Waals surface area (Å²) in [4.78, 5) is 0. The van der Waals surface area contributed by atoms with Gasteiger partial charge >= 0.3 is 20.4 Å². The summed E-state index contributed by atoms with van der Waals surface area (Å²) in [6.07, 6.45) is 99.7.